The van der Waals surface area contributed by atoms with Crippen LogP contribution in [0.4, 0.5) is 13.2 Å². The number of rotatable bonds is 5. The molecule has 30 heavy (non-hydrogen) atoms. The highest BCUT2D eigenvalue weighted by atomic mass is 19.4. The van der Waals surface area contributed by atoms with Gasteiger partial charge in [-0.05, 0) is 36.4 Å². The zero-order valence-electron chi connectivity index (χ0n) is 16.2. The molecule has 10 heteroatoms. The van der Waals surface area contributed by atoms with Gasteiger partial charge in [0, 0.05) is 32.6 Å². The molecule has 0 atom stereocenters. The summed E-state index contributed by atoms with van der Waals surface area (Å²) in [7, 11) is 3.28. The van der Waals surface area contributed by atoms with Crippen molar-refractivity contribution >= 4 is 28.0 Å². The summed E-state index contributed by atoms with van der Waals surface area (Å²) in [5.74, 6) is -0.340. The monoisotopic (exact) mass is 417 g/mol. The second kappa shape index (κ2) is 7.45. The first-order valence-electron chi connectivity index (χ1n) is 9.09. The van der Waals surface area contributed by atoms with Crippen LogP contribution in [0.5, 0.6) is 0 Å². The van der Waals surface area contributed by atoms with Crippen LogP contribution in [-0.4, -0.2) is 45.5 Å². The molecule has 1 amide bonds. The van der Waals surface area contributed by atoms with E-state index in [2.05, 4.69) is 15.4 Å². The number of alkyl halides is 3. The normalized spacial score (nSPS) is 12.0. The van der Waals surface area contributed by atoms with Gasteiger partial charge in [-0.25, -0.2) is 4.98 Å². The minimum Gasteiger partial charge on any atom is -0.383 e. The zero-order chi connectivity index (χ0) is 21.5. The number of carbonyl (C=O) groups excluding carboxylic acids is 1. The lowest BCUT2D eigenvalue weighted by molar-refractivity contribution is -0.137. The third-order valence-corrected chi connectivity index (χ3v) is 4.67. The zero-order valence-corrected chi connectivity index (χ0v) is 16.2. The number of aryl methyl sites for hydroxylation is 1. The van der Waals surface area contributed by atoms with Crippen molar-refractivity contribution in [3.8, 4) is 5.69 Å². The molecule has 4 rings (SSSR count). The fourth-order valence-electron chi connectivity index (χ4n) is 3.30. The number of fused-ring (bicyclic) bond motifs is 3. The predicted molar refractivity (Wildman–Crippen MR) is 105 cm³/mol. The summed E-state index contributed by atoms with van der Waals surface area (Å²) in [5, 5.41) is 7.84. The number of benzene rings is 1. The molecule has 0 saturated carbocycles. The Balaban J connectivity index is 1.82. The van der Waals surface area contributed by atoms with E-state index in [9.17, 15) is 18.0 Å². The lowest BCUT2D eigenvalue weighted by Gasteiger charge is -2.10. The van der Waals surface area contributed by atoms with Crippen LogP contribution in [0.3, 0.4) is 0 Å². The molecular weight excluding hydrogens is 399 g/mol. The molecule has 0 unspecified atom stereocenters. The van der Waals surface area contributed by atoms with Crippen molar-refractivity contribution in [1.82, 2.24) is 24.6 Å². The van der Waals surface area contributed by atoms with Crippen molar-refractivity contribution in [2.75, 3.05) is 20.3 Å². The van der Waals surface area contributed by atoms with Crippen LogP contribution >= 0.6 is 0 Å². The molecular formula is C20H18F3N5O2. The van der Waals surface area contributed by atoms with Crippen LogP contribution in [0.2, 0.25) is 0 Å². The van der Waals surface area contributed by atoms with Gasteiger partial charge in [0.1, 0.15) is 11.2 Å². The molecule has 0 aliphatic carbocycles. The molecule has 1 N–H and O–H groups in total. The Bertz CT molecular complexity index is 1230. The maximum Gasteiger partial charge on any atom is 0.416 e. The standard InChI is InChI=1S/C20H18F3N5O2/c1-27-11-14-17-16(8-7-15(25-17)19(29)24-9-10-30-2)28(18(14)26-27)13-5-3-12(4-6-13)20(21,22)23/h3-8,11H,9-10H2,1-2H3,(H,24,29). The summed E-state index contributed by atoms with van der Waals surface area (Å²) >= 11 is 0. The number of aromatic nitrogens is 4. The van der Waals surface area contributed by atoms with Crippen LogP contribution in [-0.2, 0) is 18.0 Å². The summed E-state index contributed by atoms with van der Waals surface area (Å²) < 4.78 is 47.0. The Morgan fingerprint density at radius 3 is 2.57 bits per heavy atom. The molecule has 3 heterocycles. The number of methoxy groups -OCH3 is 1. The number of pyridine rings is 1. The first kappa shape index (κ1) is 19.9. The van der Waals surface area contributed by atoms with E-state index in [-0.39, 0.29) is 11.6 Å². The average molecular weight is 417 g/mol. The highest BCUT2D eigenvalue weighted by Crippen LogP contribution is 2.33. The van der Waals surface area contributed by atoms with Gasteiger partial charge in [-0.15, -0.1) is 0 Å². The van der Waals surface area contributed by atoms with Crippen LogP contribution in [0, 0.1) is 0 Å². The fourth-order valence-corrected chi connectivity index (χ4v) is 3.30. The fraction of sp³-hybridized carbons (Fsp3) is 0.250. The second-order valence-corrected chi connectivity index (χ2v) is 6.73. The Labute approximate surface area is 169 Å². The SMILES string of the molecule is COCCNC(=O)c1ccc2c(n1)c1cn(C)nc1n2-c1ccc(C(F)(F)F)cc1. The number of ether oxygens (including phenoxy) is 1. The van der Waals surface area contributed by atoms with E-state index in [0.29, 0.717) is 40.9 Å². The molecule has 0 aliphatic heterocycles. The highest BCUT2D eigenvalue weighted by molar-refractivity contribution is 6.07. The largest absolute Gasteiger partial charge is 0.416 e. The third-order valence-electron chi connectivity index (χ3n) is 4.67. The second-order valence-electron chi connectivity index (χ2n) is 6.73. The van der Waals surface area contributed by atoms with Crippen molar-refractivity contribution in [1.29, 1.82) is 0 Å². The van der Waals surface area contributed by atoms with Gasteiger partial charge < -0.3 is 10.1 Å². The van der Waals surface area contributed by atoms with Gasteiger partial charge in [0.05, 0.1) is 23.1 Å². The van der Waals surface area contributed by atoms with Crippen molar-refractivity contribution in [2.45, 2.75) is 6.18 Å². The van der Waals surface area contributed by atoms with E-state index in [1.54, 1.807) is 41.7 Å². The Morgan fingerprint density at radius 1 is 1.17 bits per heavy atom. The van der Waals surface area contributed by atoms with E-state index in [1.165, 1.54) is 12.1 Å². The maximum absolute atomic E-state index is 12.9. The first-order chi connectivity index (χ1) is 14.3. The predicted octanol–water partition coefficient (Wildman–Crippen LogP) is 3.31. The van der Waals surface area contributed by atoms with Gasteiger partial charge >= 0.3 is 6.18 Å². The Hall–Kier alpha value is -3.40. The number of amides is 1. The van der Waals surface area contributed by atoms with Crippen LogP contribution in [0.25, 0.3) is 27.8 Å². The molecule has 0 spiro atoms. The summed E-state index contributed by atoms with van der Waals surface area (Å²) in [4.78, 5) is 16.8. The lowest BCUT2D eigenvalue weighted by Crippen LogP contribution is -2.27. The minimum atomic E-state index is -4.41. The summed E-state index contributed by atoms with van der Waals surface area (Å²) in [6.45, 7) is 0.731. The molecule has 0 fully saturated rings. The summed E-state index contributed by atoms with van der Waals surface area (Å²) in [6.07, 6.45) is -2.65. The lowest BCUT2D eigenvalue weighted by atomic mass is 10.2. The molecule has 3 aromatic heterocycles. The van der Waals surface area contributed by atoms with Gasteiger partial charge in [0.15, 0.2) is 5.65 Å². The quantitative estimate of drug-likeness (QED) is 0.506. The van der Waals surface area contributed by atoms with Crippen molar-refractivity contribution in [3.05, 3.63) is 53.9 Å². The van der Waals surface area contributed by atoms with Gasteiger partial charge in [-0.3, -0.25) is 14.0 Å². The number of nitrogens with zero attached hydrogens (tertiary/aromatic N) is 4. The maximum atomic E-state index is 12.9. The smallest absolute Gasteiger partial charge is 0.383 e. The molecule has 0 bridgehead atoms. The van der Waals surface area contributed by atoms with E-state index < -0.39 is 11.7 Å². The minimum absolute atomic E-state index is 0.230. The van der Waals surface area contributed by atoms with E-state index >= 15 is 0 Å². The summed E-state index contributed by atoms with van der Waals surface area (Å²) in [6, 6.07) is 8.13. The third kappa shape index (κ3) is 3.50. The van der Waals surface area contributed by atoms with Gasteiger partial charge in [0.25, 0.3) is 5.91 Å². The average Bonchev–Trinajstić information content (AvgIpc) is 3.22. The Kier molecular flexibility index (Phi) is 4.94. The molecule has 0 aliphatic rings. The van der Waals surface area contributed by atoms with Gasteiger partial charge in [0.2, 0.25) is 0 Å². The molecule has 7 nitrogen and oxygen atoms in total. The molecule has 1 aromatic carbocycles. The number of hydrogen-bond acceptors (Lipinski definition) is 4. The van der Waals surface area contributed by atoms with Crippen molar-refractivity contribution in [3.63, 3.8) is 0 Å². The molecule has 0 radical (unpaired) electrons. The first-order valence-corrected chi connectivity index (χ1v) is 9.09. The van der Waals surface area contributed by atoms with Crippen LogP contribution in [0.15, 0.2) is 42.6 Å². The van der Waals surface area contributed by atoms with Gasteiger partial charge in [-0.2, -0.15) is 18.3 Å². The van der Waals surface area contributed by atoms with Crippen molar-refractivity contribution < 1.29 is 22.7 Å². The highest BCUT2D eigenvalue weighted by Gasteiger charge is 2.30. The van der Waals surface area contributed by atoms with Crippen LogP contribution < -0.4 is 5.32 Å². The molecule has 0 saturated heterocycles. The molecule has 156 valence electrons. The van der Waals surface area contributed by atoms with E-state index in [1.807, 2.05) is 0 Å². The molecule has 4 aromatic rings. The van der Waals surface area contributed by atoms with E-state index in [4.69, 9.17) is 4.74 Å². The topological polar surface area (TPSA) is 74.0 Å². The number of nitrogens with one attached hydrogen (secondary N) is 1. The van der Waals surface area contributed by atoms with Crippen LogP contribution in [0.1, 0.15) is 16.1 Å². The number of hydrogen-bond donors (Lipinski definition) is 1. The summed E-state index contributed by atoms with van der Waals surface area (Å²) in [5.41, 5.74) is 1.73. The number of carbonyl (C=O) groups is 1. The van der Waals surface area contributed by atoms with Crippen molar-refractivity contribution in [2.24, 2.45) is 7.05 Å². The number of halogens is 3. The Morgan fingerprint density at radius 2 is 1.90 bits per heavy atom. The van der Waals surface area contributed by atoms with E-state index in [0.717, 1.165) is 12.1 Å². The van der Waals surface area contributed by atoms with Gasteiger partial charge in [-0.1, -0.05) is 0 Å².